The summed E-state index contributed by atoms with van der Waals surface area (Å²) in [5.41, 5.74) is 1.09. The zero-order valence-corrected chi connectivity index (χ0v) is 12.4. The summed E-state index contributed by atoms with van der Waals surface area (Å²) in [7, 11) is 1.64. The number of aliphatic hydroxyl groups is 1. The van der Waals surface area contributed by atoms with Crippen LogP contribution >= 0.6 is 0 Å². The molecule has 1 aromatic carbocycles. The molecule has 4 nitrogen and oxygen atoms in total. The number of hydrogen-bond acceptors (Lipinski definition) is 3. The molecule has 1 heterocycles. The van der Waals surface area contributed by atoms with E-state index in [4.69, 9.17) is 4.74 Å². The quantitative estimate of drug-likeness (QED) is 0.899. The van der Waals surface area contributed by atoms with Crippen molar-refractivity contribution in [3.63, 3.8) is 0 Å². The molecular weight excluding hydrogens is 254 g/mol. The number of carbonyl (C=O) groups is 1. The van der Waals surface area contributed by atoms with Crippen LogP contribution in [-0.4, -0.2) is 35.7 Å². The first-order valence-corrected chi connectivity index (χ1v) is 7.18. The standard InChI is InChI=1S/C16H23NO3/c1-4-15(18)13-9-16(19)17(10-13)11(2)12-5-7-14(20-3)8-6-12/h5-8,11,13,15,18H,4,9-10H2,1-3H3/t11-,13-,15-/m1/s1. The average Bonchev–Trinajstić information content (AvgIpc) is 2.87. The van der Waals surface area contributed by atoms with Gasteiger partial charge >= 0.3 is 0 Å². The Hall–Kier alpha value is -1.55. The van der Waals surface area contributed by atoms with Crippen molar-refractivity contribution >= 4 is 5.91 Å². The number of aliphatic hydroxyl groups excluding tert-OH is 1. The molecule has 20 heavy (non-hydrogen) atoms. The first kappa shape index (κ1) is 14.9. The van der Waals surface area contributed by atoms with Gasteiger partial charge < -0.3 is 14.7 Å². The highest BCUT2D eigenvalue weighted by molar-refractivity contribution is 5.79. The minimum absolute atomic E-state index is 0.0301. The molecular formula is C16H23NO3. The molecule has 0 spiro atoms. The van der Waals surface area contributed by atoms with Gasteiger partial charge in [0.1, 0.15) is 5.75 Å². The van der Waals surface area contributed by atoms with E-state index in [0.717, 1.165) is 11.3 Å². The zero-order chi connectivity index (χ0) is 14.7. The van der Waals surface area contributed by atoms with Crippen LogP contribution in [0.25, 0.3) is 0 Å². The molecule has 110 valence electrons. The molecule has 0 aliphatic carbocycles. The number of amides is 1. The third kappa shape index (κ3) is 2.96. The van der Waals surface area contributed by atoms with Crippen LogP contribution in [0, 0.1) is 5.92 Å². The fourth-order valence-electron chi connectivity index (χ4n) is 2.79. The number of carbonyl (C=O) groups excluding carboxylic acids is 1. The van der Waals surface area contributed by atoms with E-state index in [2.05, 4.69) is 0 Å². The number of hydrogen-bond donors (Lipinski definition) is 1. The highest BCUT2D eigenvalue weighted by Gasteiger charge is 2.36. The van der Waals surface area contributed by atoms with E-state index >= 15 is 0 Å². The first-order chi connectivity index (χ1) is 9.56. The number of methoxy groups -OCH3 is 1. The van der Waals surface area contributed by atoms with Crippen molar-refractivity contribution in [3.05, 3.63) is 29.8 Å². The molecule has 1 aliphatic rings. The number of nitrogens with zero attached hydrogens (tertiary/aromatic N) is 1. The topological polar surface area (TPSA) is 49.8 Å². The third-order valence-electron chi connectivity index (χ3n) is 4.22. The monoisotopic (exact) mass is 277 g/mol. The molecule has 0 radical (unpaired) electrons. The van der Waals surface area contributed by atoms with Crippen LogP contribution in [0.3, 0.4) is 0 Å². The van der Waals surface area contributed by atoms with Gasteiger partial charge in [-0.25, -0.2) is 0 Å². The van der Waals surface area contributed by atoms with Crippen LogP contribution in [0.4, 0.5) is 0 Å². The molecule has 1 aliphatic heterocycles. The maximum atomic E-state index is 12.1. The predicted octanol–water partition coefficient (Wildman–Crippen LogP) is 2.38. The lowest BCUT2D eigenvalue weighted by Crippen LogP contribution is -2.30. The van der Waals surface area contributed by atoms with Gasteiger partial charge in [-0.1, -0.05) is 19.1 Å². The number of likely N-dealkylation sites (tertiary alicyclic amines) is 1. The van der Waals surface area contributed by atoms with Crippen molar-refractivity contribution in [1.82, 2.24) is 4.90 Å². The second-order valence-electron chi connectivity index (χ2n) is 5.44. The molecule has 3 atom stereocenters. The highest BCUT2D eigenvalue weighted by atomic mass is 16.5. The molecule has 1 fully saturated rings. The van der Waals surface area contributed by atoms with Gasteiger partial charge in [-0.3, -0.25) is 4.79 Å². The van der Waals surface area contributed by atoms with Crippen molar-refractivity contribution < 1.29 is 14.6 Å². The summed E-state index contributed by atoms with van der Waals surface area (Å²) in [6.07, 6.45) is 0.769. The molecule has 4 heteroatoms. The van der Waals surface area contributed by atoms with Crippen LogP contribution in [0.5, 0.6) is 5.75 Å². The van der Waals surface area contributed by atoms with Gasteiger partial charge in [0.25, 0.3) is 0 Å². The average molecular weight is 277 g/mol. The zero-order valence-electron chi connectivity index (χ0n) is 12.4. The summed E-state index contributed by atoms with van der Waals surface area (Å²) in [5, 5.41) is 9.92. The summed E-state index contributed by atoms with van der Waals surface area (Å²) in [5.74, 6) is 1.01. The van der Waals surface area contributed by atoms with Crippen LogP contribution in [-0.2, 0) is 4.79 Å². The number of ether oxygens (including phenoxy) is 1. The van der Waals surface area contributed by atoms with Crippen molar-refractivity contribution in [3.8, 4) is 5.75 Å². The van der Waals surface area contributed by atoms with E-state index < -0.39 is 0 Å². The summed E-state index contributed by atoms with van der Waals surface area (Å²) in [6.45, 7) is 4.62. The highest BCUT2D eigenvalue weighted by Crippen LogP contribution is 2.31. The Morgan fingerprint density at radius 3 is 2.60 bits per heavy atom. The second-order valence-corrected chi connectivity index (χ2v) is 5.44. The van der Waals surface area contributed by atoms with E-state index in [1.807, 2.05) is 43.0 Å². The Morgan fingerprint density at radius 1 is 1.40 bits per heavy atom. The van der Waals surface area contributed by atoms with Crippen molar-refractivity contribution in [2.75, 3.05) is 13.7 Å². The minimum atomic E-state index is -0.382. The van der Waals surface area contributed by atoms with E-state index in [-0.39, 0.29) is 24.0 Å². The van der Waals surface area contributed by atoms with Crippen LogP contribution in [0.2, 0.25) is 0 Å². The lowest BCUT2D eigenvalue weighted by atomic mass is 9.99. The van der Waals surface area contributed by atoms with E-state index in [0.29, 0.717) is 19.4 Å². The van der Waals surface area contributed by atoms with Crippen molar-refractivity contribution in [2.45, 2.75) is 38.8 Å². The van der Waals surface area contributed by atoms with Gasteiger partial charge in [0.05, 0.1) is 19.3 Å². The fraction of sp³-hybridized carbons (Fsp3) is 0.562. The smallest absolute Gasteiger partial charge is 0.223 e. The summed E-state index contributed by atoms with van der Waals surface area (Å²) < 4.78 is 5.14. The minimum Gasteiger partial charge on any atom is -0.497 e. The van der Waals surface area contributed by atoms with Crippen molar-refractivity contribution in [2.24, 2.45) is 5.92 Å². The van der Waals surface area contributed by atoms with Gasteiger partial charge in [-0.05, 0) is 31.0 Å². The largest absolute Gasteiger partial charge is 0.497 e. The van der Waals surface area contributed by atoms with Crippen molar-refractivity contribution in [1.29, 1.82) is 0 Å². The number of rotatable bonds is 5. The normalized spacial score (nSPS) is 21.9. The second kappa shape index (κ2) is 6.27. The predicted molar refractivity (Wildman–Crippen MR) is 77.5 cm³/mol. The first-order valence-electron chi connectivity index (χ1n) is 7.18. The Morgan fingerprint density at radius 2 is 2.05 bits per heavy atom. The molecule has 0 unspecified atom stereocenters. The summed E-state index contributed by atoms with van der Waals surface area (Å²) >= 11 is 0. The van der Waals surface area contributed by atoms with Gasteiger partial charge in [-0.2, -0.15) is 0 Å². The van der Waals surface area contributed by atoms with Gasteiger partial charge in [-0.15, -0.1) is 0 Å². The molecule has 0 saturated carbocycles. The Balaban J connectivity index is 2.08. The maximum absolute atomic E-state index is 12.1. The molecule has 1 amide bonds. The Bertz CT molecular complexity index is 457. The lowest BCUT2D eigenvalue weighted by molar-refractivity contribution is -0.129. The van der Waals surface area contributed by atoms with Crippen LogP contribution in [0.15, 0.2) is 24.3 Å². The SMILES string of the molecule is CC[C@@H](O)[C@@H]1CC(=O)N([C@H](C)c2ccc(OC)cc2)C1. The molecule has 0 bridgehead atoms. The fourth-order valence-corrected chi connectivity index (χ4v) is 2.79. The molecule has 2 rings (SSSR count). The Kier molecular flexibility index (Phi) is 4.65. The van der Waals surface area contributed by atoms with Gasteiger partial charge in [0.15, 0.2) is 0 Å². The van der Waals surface area contributed by atoms with Crippen LogP contribution in [0.1, 0.15) is 38.3 Å². The van der Waals surface area contributed by atoms with E-state index in [9.17, 15) is 9.90 Å². The van der Waals surface area contributed by atoms with E-state index in [1.165, 1.54) is 0 Å². The lowest BCUT2D eigenvalue weighted by Gasteiger charge is -2.26. The van der Waals surface area contributed by atoms with Gasteiger partial charge in [0.2, 0.25) is 5.91 Å². The van der Waals surface area contributed by atoms with E-state index in [1.54, 1.807) is 7.11 Å². The molecule has 1 aromatic rings. The Labute approximate surface area is 120 Å². The van der Waals surface area contributed by atoms with Crippen LogP contribution < -0.4 is 4.74 Å². The third-order valence-corrected chi connectivity index (χ3v) is 4.22. The number of benzene rings is 1. The molecule has 1 saturated heterocycles. The van der Waals surface area contributed by atoms with Gasteiger partial charge in [0, 0.05) is 18.9 Å². The summed E-state index contributed by atoms with van der Waals surface area (Å²) in [4.78, 5) is 14.0. The summed E-state index contributed by atoms with van der Waals surface area (Å²) in [6, 6.07) is 7.82. The molecule has 1 N–H and O–H groups in total. The maximum Gasteiger partial charge on any atom is 0.223 e. The molecule has 0 aromatic heterocycles.